The van der Waals surface area contributed by atoms with Gasteiger partial charge in [0.2, 0.25) is 0 Å². The highest BCUT2D eigenvalue weighted by molar-refractivity contribution is 5.22. The standard InChI is InChI=1S/C11H11F2N/c1-3-4-11(14-2)8-5-9(12)7-10(13)6-8/h1,5-7,11,14H,4H2,2H3. The molecule has 0 amide bonds. The Morgan fingerprint density at radius 2 is 1.93 bits per heavy atom. The molecule has 1 aromatic rings. The van der Waals surface area contributed by atoms with Crippen molar-refractivity contribution in [3.8, 4) is 12.3 Å². The van der Waals surface area contributed by atoms with Crippen LogP contribution in [0.4, 0.5) is 8.78 Å². The summed E-state index contributed by atoms with van der Waals surface area (Å²) in [4.78, 5) is 0. The predicted molar refractivity (Wildman–Crippen MR) is 51.6 cm³/mol. The summed E-state index contributed by atoms with van der Waals surface area (Å²) < 4.78 is 25.7. The first-order valence-electron chi connectivity index (χ1n) is 4.24. The Morgan fingerprint density at radius 1 is 1.36 bits per heavy atom. The normalized spacial score (nSPS) is 12.1. The van der Waals surface area contributed by atoms with Crippen molar-refractivity contribution in [3.63, 3.8) is 0 Å². The van der Waals surface area contributed by atoms with Crippen LogP contribution in [0.3, 0.4) is 0 Å². The van der Waals surface area contributed by atoms with Crippen molar-refractivity contribution >= 4 is 0 Å². The van der Waals surface area contributed by atoms with Crippen LogP contribution in [-0.2, 0) is 0 Å². The summed E-state index contributed by atoms with van der Waals surface area (Å²) in [7, 11) is 1.70. The molecule has 0 saturated carbocycles. The van der Waals surface area contributed by atoms with E-state index in [9.17, 15) is 8.78 Å². The van der Waals surface area contributed by atoms with Crippen molar-refractivity contribution in [2.24, 2.45) is 0 Å². The summed E-state index contributed by atoms with van der Waals surface area (Å²) in [5, 5.41) is 2.90. The summed E-state index contributed by atoms with van der Waals surface area (Å²) in [5.41, 5.74) is 0.531. The molecule has 1 rings (SSSR count). The first-order valence-corrected chi connectivity index (χ1v) is 4.24. The zero-order chi connectivity index (χ0) is 10.6. The maximum atomic E-state index is 12.8. The molecule has 1 unspecified atom stereocenters. The Kier molecular flexibility index (Phi) is 3.61. The Bertz CT molecular complexity index is 335. The number of hydrogen-bond acceptors (Lipinski definition) is 1. The van der Waals surface area contributed by atoms with Crippen molar-refractivity contribution in [3.05, 3.63) is 35.4 Å². The van der Waals surface area contributed by atoms with Gasteiger partial charge >= 0.3 is 0 Å². The van der Waals surface area contributed by atoms with Gasteiger partial charge in [-0.3, -0.25) is 0 Å². The van der Waals surface area contributed by atoms with E-state index >= 15 is 0 Å². The molecule has 0 aliphatic rings. The topological polar surface area (TPSA) is 12.0 Å². The van der Waals surface area contributed by atoms with Gasteiger partial charge in [-0.25, -0.2) is 8.78 Å². The first-order chi connectivity index (χ1) is 6.67. The Labute approximate surface area is 82.1 Å². The van der Waals surface area contributed by atoms with Gasteiger partial charge < -0.3 is 5.32 Å². The molecule has 3 heteroatoms. The highest BCUT2D eigenvalue weighted by atomic mass is 19.1. The summed E-state index contributed by atoms with van der Waals surface area (Å²) >= 11 is 0. The van der Waals surface area contributed by atoms with Crippen LogP contribution in [0, 0.1) is 24.0 Å². The zero-order valence-electron chi connectivity index (χ0n) is 7.85. The summed E-state index contributed by atoms with van der Waals surface area (Å²) in [6, 6.07) is 3.19. The van der Waals surface area contributed by atoms with Crippen LogP contribution in [0.5, 0.6) is 0 Å². The largest absolute Gasteiger partial charge is 0.312 e. The molecular weight excluding hydrogens is 184 g/mol. The van der Waals surface area contributed by atoms with Gasteiger partial charge in [-0.2, -0.15) is 0 Å². The molecule has 1 atom stereocenters. The predicted octanol–water partition coefficient (Wildman–Crippen LogP) is 2.25. The lowest BCUT2D eigenvalue weighted by atomic mass is 10.0. The molecule has 1 N–H and O–H groups in total. The van der Waals surface area contributed by atoms with Crippen LogP contribution in [0.2, 0.25) is 0 Å². The highest BCUT2D eigenvalue weighted by Crippen LogP contribution is 2.18. The van der Waals surface area contributed by atoms with E-state index in [1.165, 1.54) is 12.1 Å². The van der Waals surface area contributed by atoms with Gasteiger partial charge in [-0.15, -0.1) is 12.3 Å². The lowest BCUT2D eigenvalue weighted by Gasteiger charge is -2.13. The molecular formula is C11H11F2N. The number of hydrogen-bond donors (Lipinski definition) is 1. The highest BCUT2D eigenvalue weighted by Gasteiger charge is 2.10. The SMILES string of the molecule is C#CCC(NC)c1cc(F)cc(F)c1. The van der Waals surface area contributed by atoms with Gasteiger partial charge in [0.15, 0.2) is 0 Å². The van der Waals surface area contributed by atoms with E-state index < -0.39 is 11.6 Å². The maximum absolute atomic E-state index is 12.8. The number of rotatable bonds is 3. The van der Waals surface area contributed by atoms with Gasteiger partial charge in [0.05, 0.1) is 0 Å². The van der Waals surface area contributed by atoms with Gasteiger partial charge in [-0.05, 0) is 24.7 Å². The van der Waals surface area contributed by atoms with E-state index in [1.807, 2.05) is 0 Å². The third-order valence-corrected chi connectivity index (χ3v) is 1.96. The third kappa shape index (κ3) is 2.54. The van der Waals surface area contributed by atoms with Crippen molar-refractivity contribution in [2.45, 2.75) is 12.5 Å². The van der Waals surface area contributed by atoms with E-state index in [2.05, 4.69) is 11.2 Å². The van der Waals surface area contributed by atoms with E-state index in [4.69, 9.17) is 6.42 Å². The summed E-state index contributed by atoms with van der Waals surface area (Å²) in [6.45, 7) is 0. The minimum absolute atomic E-state index is 0.204. The van der Waals surface area contributed by atoms with Crippen molar-refractivity contribution < 1.29 is 8.78 Å². The van der Waals surface area contributed by atoms with Crippen molar-refractivity contribution in [2.75, 3.05) is 7.05 Å². The van der Waals surface area contributed by atoms with Gasteiger partial charge in [-0.1, -0.05) is 0 Å². The molecule has 0 bridgehead atoms. The van der Waals surface area contributed by atoms with Crippen LogP contribution in [0.1, 0.15) is 18.0 Å². The number of terminal acetylenes is 1. The molecule has 0 aliphatic carbocycles. The van der Waals surface area contributed by atoms with E-state index in [0.717, 1.165) is 6.07 Å². The minimum Gasteiger partial charge on any atom is -0.312 e. The van der Waals surface area contributed by atoms with Crippen molar-refractivity contribution in [1.82, 2.24) is 5.32 Å². The number of nitrogens with one attached hydrogen (secondary N) is 1. The molecule has 0 aromatic heterocycles. The molecule has 0 radical (unpaired) electrons. The van der Waals surface area contributed by atoms with Crippen LogP contribution >= 0.6 is 0 Å². The lowest BCUT2D eigenvalue weighted by Crippen LogP contribution is -2.16. The molecule has 14 heavy (non-hydrogen) atoms. The monoisotopic (exact) mass is 195 g/mol. The smallest absolute Gasteiger partial charge is 0.126 e. The fraction of sp³-hybridized carbons (Fsp3) is 0.273. The number of benzene rings is 1. The van der Waals surface area contributed by atoms with Gasteiger partial charge in [0.25, 0.3) is 0 Å². The summed E-state index contributed by atoms with van der Waals surface area (Å²) in [5.74, 6) is 1.28. The molecule has 0 saturated heterocycles. The second-order valence-corrected chi connectivity index (χ2v) is 2.95. The minimum atomic E-state index is -0.586. The Morgan fingerprint density at radius 3 is 2.36 bits per heavy atom. The molecule has 0 aliphatic heterocycles. The molecule has 1 aromatic carbocycles. The molecule has 1 nitrogen and oxygen atoms in total. The van der Waals surface area contributed by atoms with Crippen LogP contribution in [0.15, 0.2) is 18.2 Å². The second kappa shape index (κ2) is 4.73. The lowest BCUT2D eigenvalue weighted by molar-refractivity contribution is 0.558. The van der Waals surface area contributed by atoms with Crippen molar-refractivity contribution in [1.29, 1.82) is 0 Å². The van der Waals surface area contributed by atoms with Gasteiger partial charge in [0, 0.05) is 18.5 Å². The number of halogens is 2. The summed E-state index contributed by atoms with van der Waals surface area (Å²) in [6.07, 6.45) is 5.54. The molecule has 74 valence electrons. The second-order valence-electron chi connectivity index (χ2n) is 2.95. The molecule has 0 fully saturated rings. The quantitative estimate of drug-likeness (QED) is 0.729. The Hall–Kier alpha value is -1.40. The maximum Gasteiger partial charge on any atom is 0.126 e. The van der Waals surface area contributed by atoms with Crippen LogP contribution in [0.25, 0.3) is 0 Å². The van der Waals surface area contributed by atoms with Gasteiger partial charge in [0.1, 0.15) is 11.6 Å². The van der Waals surface area contributed by atoms with E-state index in [0.29, 0.717) is 12.0 Å². The zero-order valence-corrected chi connectivity index (χ0v) is 7.85. The van der Waals surface area contributed by atoms with E-state index in [-0.39, 0.29) is 6.04 Å². The average molecular weight is 195 g/mol. The molecule has 0 heterocycles. The third-order valence-electron chi connectivity index (χ3n) is 1.96. The Balaban J connectivity index is 2.98. The van der Waals surface area contributed by atoms with Crippen LogP contribution in [-0.4, -0.2) is 7.05 Å². The fourth-order valence-corrected chi connectivity index (χ4v) is 1.28. The average Bonchev–Trinajstić information content (AvgIpc) is 2.12. The molecule has 0 spiro atoms. The van der Waals surface area contributed by atoms with Crippen LogP contribution < -0.4 is 5.32 Å². The van der Waals surface area contributed by atoms with E-state index in [1.54, 1.807) is 7.05 Å². The fourth-order valence-electron chi connectivity index (χ4n) is 1.28. The first kappa shape index (κ1) is 10.7.